The van der Waals surface area contributed by atoms with Crippen molar-refractivity contribution in [2.24, 2.45) is 5.92 Å². The summed E-state index contributed by atoms with van der Waals surface area (Å²) in [6, 6.07) is 0.115. The highest BCUT2D eigenvalue weighted by atomic mass is 16.5. The Hall–Kier alpha value is -1.06. The fraction of sp³-hybridized carbons (Fsp3) is 0.833. The van der Waals surface area contributed by atoms with E-state index in [1.54, 1.807) is 11.8 Å². The zero-order valence-electron chi connectivity index (χ0n) is 10.9. The van der Waals surface area contributed by atoms with Crippen LogP contribution in [0.3, 0.4) is 0 Å². The summed E-state index contributed by atoms with van der Waals surface area (Å²) in [5.41, 5.74) is 0. The number of ether oxygens (including phenoxy) is 1. The second-order valence-corrected chi connectivity index (χ2v) is 4.34. The molecule has 0 radical (unpaired) electrons. The smallest absolute Gasteiger partial charge is 0.307 e. The lowest BCUT2D eigenvalue weighted by Crippen LogP contribution is -2.40. The summed E-state index contributed by atoms with van der Waals surface area (Å²) in [4.78, 5) is 24.8. The fourth-order valence-electron chi connectivity index (χ4n) is 1.40. The normalized spacial score (nSPS) is 10.7. The number of carbonyl (C=O) groups is 2. The Bertz CT molecular complexity index is 236. The Kier molecular flexibility index (Phi) is 6.77. The summed E-state index contributed by atoms with van der Waals surface area (Å²) in [7, 11) is 0. The second kappa shape index (κ2) is 7.25. The fourth-order valence-corrected chi connectivity index (χ4v) is 1.40. The zero-order chi connectivity index (χ0) is 12.7. The molecule has 0 N–H and O–H groups in total. The average Bonchev–Trinajstić information content (AvgIpc) is 2.17. The van der Waals surface area contributed by atoms with Crippen molar-refractivity contribution >= 4 is 11.9 Å². The van der Waals surface area contributed by atoms with Crippen LogP contribution in [0.15, 0.2) is 0 Å². The van der Waals surface area contributed by atoms with E-state index in [0.717, 1.165) is 0 Å². The molecule has 0 aromatic rings. The SMILES string of the molecule is CCOC(=O)CCN(C(=O)C(C)C)C(C)C. The van der Waals surface area contributed by atoms with Gasteiger partial charge in [0.05, 0.1) is 13.0 Å². The largest absolute Gasteiger partial charge is 0.466 e. The summed E-state index contributed by atoms with van der Waals surface area (Å²) in [6.45, 7) is 10.2. The van der Waals surface area contributed by atoms with Crippen molar-refractivity contribution in [3.05, 3.63) is 0 Å². The molecule has 0 rings (SSSR count). The van der Waals surface area contributed by atoms with Gasteiger partial charge in [0.1, 0.15) is 0 Å². The van der Waals surface area contributed by atoms with Crippen molar-refractivity contribution in [1.29, 1.82) is 0 Å². The molecule has 0 aliphatic heterocycles. The number of esters is 1. The summed E-state index contributed by atoms with van der Waals surface area (Å²) in [5.74, 6) is -0.200. The maximum Gasteiger partial charge on any atom is 0.307 e. The Balaban J connectivity index is 4.25. The molecule has 0 heterocycles. The van der Waals surface area contributed by atoms with E-state index in [0.29, 0.717) is 13.2 Å². The van der Waals surface area contributed by atoms with Gasteiger partial charge in [-0.2, -0.15) is 0 Å². The molecular formula is C12H23NO3. The maximum absolute atomic E-state index is 11.8. The van der Waals surface area contributed by atoms with Gasteiger partial charge in [0.2, 0.25) is 5.91 Å². The van der Waals surface area contributed by atoms with Crippen molar-refractivity contribution in [2.75, 3.05) is 13.2 Å². The van der Waals surface area contributed by atoms with E-state index in [-0.39, 0.29) is 30.3 Å². The first-order chi connectivity index (χ1) is 7.40. The number of amides is 1. The highest BCUT2D eigenvalue weighted by Gasteiger charge is 2.20. The third-order valence-electron chi connectivity index (χ3n) is 2.26. The molecular weight excluding hydrogens is 206 g/mol. The van der Waals surface area contributed by atoms with Gasteiger partial charge in [-0.25, -0.2) is 0 Å². The molecule has 0 unspecified atom stereocenters. The van der Waals surface area contributed by atoms with Crippen LogP contribution in [0.5, 0.6) is 0 Å². The number of carbonyl (C=O) groups excluding carboxylic acids is 2. The first kappa shape index (κ1) is 14.9. The summed E-state index contributed by atoms with van der Waals surface area (Å²) >= 11 is 0. The summed E-state index contributed by atoms with van der Waals surface area (Å²) < 4.78 is 4.84. The number of rotatable bonds is 6. The molecule has 0 bridgehead atoms. The van der Waals surface area contributed by atoms with Crippen molar-refractivity contribution in [2.45, 2.75) is 47.1 Å². The monoisotopic (exact) mass is 229 g/mol. The van der Waals surface area contributed by atoms with Crippen LogP contribution < -0.4 is 0 Å². The van der Waals surface area contributed by atoms with Crippen LogP contribution in [-0.2, 0) is 14.3 Å². The van der Waals surface area contributed by atoms with Crippen LogP contribution in [0.1, 0.15) is 41.0 Å². The van der Waals surface area contributed by atoms with E-state index < -0.39 is 0 Å². The van der Waals surface area contributed by atoms with Gasteiger partial charge in [0.25, 0.3) is 0 Å². The molecule has 0 spiro atoms. The molecule has 1 amide bonds. The van der Waals surface area contributed by atoms with Gasteiger partial charge in [-0.3, -0.25) is 9.59 Å². The summed E-state index contributed by atoms with van der Waals surface area (Å²) in [5, 5.41) is 0. The van der Waals surface area contributed by atoms with Crippen LogP contribution >= 0.6 is 0 Å². The molecule has 4 nitrogen and oxygen atoms in total. The lowest BCUT2D eigenvalue weighted by molar-refractivity contribution is -0.144. The minimum absolute atomic E-state index is 0.0374. The third-order valence-corrected chi connectivity index (χ3v) is 2.26. The van der Waals surface area contributed by atoms with Gasteiger partial charge in [-0.15, -0.1) is 0 Å². The first-order valence-electron chi connectivity index (χ1n) is 5.86. The summed E-state index contributed by atoms with van der Waals surface area (Å²) in [6.07, 6.45) is 0.268. The van der Waals surface area contributed by atoms with E-state index in [9.17, 15) is 9.59 Å². The molecule has 94 valence electrons. The average molecular weight is 229 g/mol. The Labute approximate surface area is 98.0 Å². The molecule has 0 aliphatic carbocycles. The van der Waals surface area contributed by atoms with E-state index in [4.69, 9.17) is 4.74 Å². The topological polar surface area (TPSA) is 46.6 Å². The predicted octanol–water partition coefficient (Wildman–Crippen LogP) is 1.83. The van der Waals surface area contributed by atoms with Crippen LogP contribution in [0, 0.1) is 5.92 Å². The molecule has 0 aliphatic rings. The highest BCUT2D eigenvalue weighted by molar-refractivity contribution is 5.79. The lowest BCUT2D eigenvalue weighted by Gasteiger charge is -2.28. The molecule has 0 fully saturated rings. The zero-order valence-corrected chi connectivity index (χ0v) is 10.9. The van der Waals surface area contributed by atoms with Gasteiger partial charge in [-0.1, -0.05) is 13.8 Å². The molecule has 16 heavy (non-hydrogen) atoms. The van der Waals surface area contributed by atoms with Gasteiger partial charge >= 0.3 is 5.97 Å². The Morgan fingerprint density at radius 2 is 1.75 bits per heavy atom. The van der Waals surface area contributed by atoms with E-state index in [1.807, 2.05) is 27.7 Å². The minimum atomic E-state index is -0.246. The van der Waals surface area contributed by atoms with Gasteiger partial charge in [0.15, 0.2) is 0 Å². The molecule has 4 heteroatoms. The second-order valence-electron chi connectivity index (χ2n) is 4.34. The van der Waals surface area contributed by atoms with Crippen molar-refractivity contribution < 1.29 is 14.3 Å². The first-order valence-corrected chi connectivity index (χ1v) is 5.86. The number of hydrogen-bond acceptors (Lipinski definition) is 3. The molecule has 0 atom stereocenters. The Morgan fingerprint density at radius 3 is 2.12 bits per heavy atom. The predicted molar refractivity (Wildman–Crippen MR) is 62.9 cm³/mol. The van der Waals surface area contributed by atoms with Crippen LogP contribution in [0.4, 0.5) is 0 Å². The minimum Gasteiger partial charge on any atom is -0.466 e. The van der Waals surface area contributed by atoms with Crippen LogP contribution in [-0.4, -0.2) is 36.0 Å². The van der Waals surface area contributed by atoms with Crippen LogP contribution in [0.25, 0.3) is 0 Å². The van der Waals surface area contributed by atoms with Crippen LogP contribution in [0.2, 0.25) is 0 Å². The van der Waals surface area contributed by atoms with Gasteiger partial charge < -0.3 is 9.64 Å². The highest BCUT2D eigenvalue weighted by Crippen LogP contribution is 2.07. The third kappa shape index (κ3) is 5.14. The van der Waals surface area contributed by atoms with Gasteiger partial charge in [0, 0.05) is 18.5 Å². The van der Waals surface area contributed by atoms with Crippen molar-refractivity contribution in [1.82, 2.24) is 4.90 Å². The molecule has 0 aromatic heterocycles. The number of nitrogens with zero attached hydrogens (tertiary/aromatic N) is 1. The standard InChI is InChI=1S/C12H23NO3/c1-6-16-11(14)7-8-13(10(4)5)12(15)9(2)3/h9-10H,6-8H2,1-5H3. The molecule has 0 aromatic carbocycles. The number of hydrogen-bond donors (Lipinski definition) is 0. The van der Waals surface area contributed by atoms with Crippen molar-refractivity contribution in [3.63, 3.8) is 0 Å². The Morgan fingerprint density at radius 1 is 1.19 bits per heavy atom. The van der Waals surface area contributed by atoms with E-state index in [2.05, 4.69) is 0 Å². The lowest BCUT2D eigenvalue weighted by atomic mass is 10.1. The van der Waals surface area contributed by atoms with Crippen molar-refractivity contribution in [3.8, 4) is 0 Å². The van der Waals surface area contributed by atoms with E-state index >= 15 is 0 Å². The van der Waals surface area contributed by atoms with Gasteiger partial charge in [-0.05, 0) is 20.8 Å². The maximum atomic E-state index is 11.8. The van der Waals surface area contributed by atoms with E-state index in [1.165, 1.54) is 0 Å². The molecule has 0 saturated carbocycles. The molecule has 0 saturated heterocycles. The quantitative estimate of drug-likeness (QED) is 0.653.